The first-order valence-electron chi connectivity index (χ1n) is 6.83. The molecule has 1 N–H and O–H groups in total. The number of hydrogen-bond acceptors (Lipinski definition) is 4. The van der Waals surface area contributed by atoms with Gasteiger partial charge in [-0.1, -0.05) is 27.7 Å². The number of carbonyl (C=O) groups is 2. The van der Waals surface area contributed by atoms with Crippen molar-refractivity contribution in [1.82, 2.24) is 15.2 Å². The van der Waals surface area contributed by atoms with Crippen molar-refractivity contribution in [2.24, 2.45) is 5.41 Å². The van der Waals surface area contributed by atoms with Gasteiger partial charge >= 0.3 is 0 Å². The van der Waals surface area contributed by atoms with Crippen LogP contribution in [-0.4, -0.2) is 34.3 Å². The van der Waals surface area contributed by atoms with Gasteiger partial charge in [-0.3, -0.25) is 9.59 Å². The van der Waals surface area contributed by atoms with Crippen LogP contribution in [0, 0.1) is 5.41 Å². The van der Waals surface area contributed by atoms with Gasteiger partial charge in [0.15, 0.2) is 0 Å². The highest BCUT2D eigenvalue weighted by Gasteiger charge is 2.42. The van der Waals surface area contributed by atoms with Crippen LogP contribution in [0.15, 0.2) is 11.6 Å². The van der Waals surface area contributed by atoms with E-state index in [1.165, 1.54) is 11.3 Å². The molecule has 2 unspecified atom stereocenters. The Labute approximate surface area is 123 Å². The maximum absolute atomic E-state index is 12.7. The molecule has 1 aromatic heterocycles. The number of rotatable bonds is 3. The number of aromatic nitrogens is 1. The van der Waals surface area contributed by atoms with Crippen molar-refractivity contribution in [1.29, 1.82) is 0 Å². The molecule has 1 fully saturated rings. The van der Waals surface area contributed by atoms with E-state index in [2.05, 4.69) is 10.3 Å². The van der Waals surface area contributed by atoms with Gasteiger partial charge < -0.3 is 10.2 Å². The summed E-state index contributed by atoms with van der Waals surface area (Å²) < 4.78 is 0. The van der Waals surface area contributed by atoms with Crippen LogP contribution in [0.5, 0.6) is 0 Å². The Morgan fingerprint density at radius 1 is 1.50 bits per heavy atom. The van der Waals surface area contributed by atoms with Crippen molar-refractivity contribution in [3.63, 3.8) is 0 Å². The SMILES string of the molecule is CCC(c1nccs1)N1CC(=O)NC(C(C)(C)C)C1=O. The Hall–Kier alpha value is -1.43. The molecule has 0 radical (unpaired) electrons. The van der Waals surface area contributed by atoms with E-state index < -0.39 is 6.04 Å². The van der Waals surface area contributed by atoms with Gasteiger partial charge in [0, 0.05) is 11.6 Å². The second kappa shape index (κ2) is 5.52. The molecule has 1 aromatic rings. The zero-order valence-corrected chi connectivity index (χ0v) is 13.2. The number of amides is 2. The van der Waals surface area contributed by atoms with Crippen LogP contribution >= 0.6 is 11.3 Å². The molecule has 0 saturated carbocycles. The van der Waals surface area contributed by atoms with Crippen LogP contribution in [0.1, 0.15) is 45.2 Å². The van der Waals surface area contributed by atoms with Crippen LogP contribution in [0.3, 0.4) is 0 Å². The van der Waals surface area contributed by atoms with Crippen LogP contribution in [0.2, 0.25) is 0 Å². The second-order valence-electron chi connectivity index (χ2n) is 6.13. The van der Waals surface area contributed by atoms with Crippen LogP contribution in [-0.2, 0) is 9.59 Å². The highest BCUT2D eigenvalue weighted by molar-refractivity contribution is 7.09. The van der Waals surface area contributed by atoms with E-state index in [0.717, 1.165) is 11.4 Å². The van der Waals surface area contributed by atoms with Crippen molar-refractivity contribution in [2.75, 3.05) is 6.54 Å². The van der Waals surface area contributed by atoms with Gasteiger partial charge in [0.2, 0.25) is 11.8 Å². The number of carbonyl (C=O) groups excluding carboxylic acids is 2. The van der Waals surface area contributed by atoms with Crippen molar-refractivity contribution in [3.05, 3.63) is 16.6 Å². The maximum Gasteiger partial charge on any atom is 0.246 e. The Bertz CT molecular complexity index is 493. The molecular formula is C14H21N3O2S. The molecule has 2 rings (SSSR count). The van der Waals surface area contributed by atoms with Crippen LogP contribution in [0.25, 0.3) is 0 Å². The van der Waals surface area contributed by atoms with E-state index in [-0.39, 0.29) is 29.8 Å². The lowest BCUT2D eigenvalue weighted by atomic mass is 9.84. The number of nitrogens with zero attached hydrogens (tertiary/aromatic N) is 2. The van der Waals surface area contributed by atoms with E-state index in [9.17, 15) is 9.59 Å². The number of piperazine rings is 1. The molecule has 110 valence electrons. The topological polar surface area (TPSA) is 62.3 Å². The lowest BCUT2D eigenvalue weighted by Crippen LogP contribution is -2.62. The minimum Gasteiger partial charge on any atom is -0.342 e. The first kappa shape index (κ1) is 15.0. The fourth-order valence-electron chi connectivity index (χ4n) is 2.44. The Morgan fingerprint density at radius 3 is 2.70 bits per heavy atom. The lowest BCUT2D eigenvalue weighted by Gasteiger charge is -2.41. The molecule has 5 nitrogen and oxygen atoms in total. The van der Waals surface area contributed by atoms with Gasteiger partial charge in [-0.15, -0.1) is 11.3 Å². The molecule has 0 spiro atoms. The third-order valence-electron chi connectivity index (χ3n) is 3.51. The summed E-state index contributed by atoms with van der Waals surface area (Å²) in [6.07, 6.45) is 2.49. The molecule has 1 aliphatic rings. The fourth-order valence-corrected chi connectivity index (χ4v) is 3.28. The third kappa shape index (κ3) is 2.85. The molecule has 1 aliphatic heterocycles. The minimum absolute atomic E-state index is 0.0147. The third-order valence-corrected chi connectivity index (χ3v) is 4.39. The highest BCUT2D eigenvalue weighted by atomic mass is 32.1. The average Bonchev–Trinajstić information content (AvgIpc) is 2.86. The molecule has 2 atom stereocenters. The predicted molar refractivity (Wildman–Crippen MR) is 78.2 cm³/mol. The summed E-state index contributed by atoms with van der Waals surface area (Å²) in [5.74, 6) is -0.112. The summed E-state index contributed by atoms with van der Waals surface area (Å²) in [6, 6.07) is -0.587. The van der Waals surface area contributed by atoms with Crippen molar-refractivity contribution >= 4 is 23.2 Å². The van der Waals surface area contributed by atoms with E-state index in [1.807, 2.05) is 33.1 Å². The van der Waals surface area contributed by atoms with Gasteiger partial charge in [0.05, 0.1) is 6.04 Å². The second-order valence-corrected chi connectivity index (χ2v) is 7.05. The van der Waals surface area contributed by atoms with Crippen LogP contribution < -0.4 is 5.32 Å². The first-order valence-corrected chi connectivity index (χ1v) is 7.71. The lowest BCUT2D eigenvalue weighted by molar-refractivity contribution is -0.150. The Balaban J connectivity index is 2.30. The predicted octanol–water partition coefficient (Wildman–Crippen LogP) is 1.97. The molecule has 0 bridgehead atoms. The van der Waals surface area contributed by atoms with Gasteiger partial charge in [0.1, 0.15) is 17.6 Å². The Kier molecular flexibility index (Phi) is 4.13. The van der Waals surface area contributed by atoms with E-state index >= 15 is 0 Å². The zero-order valence-electron chi connectivity index (χ0n) is 12.3. The molecule has 2 amide bonds. The molecule has 1 saturated heterocycles. The van der Waals surface area contributed by atoms with Gasteiger partial charge in [-0.25, -0.2) is 4.98 Å². The maximum atomic E-state index is 12.7. The summed E-state index contributed by atoms with van der Waals surface area (Å²) in [5, 5.41) is 5.60. The standard InChI is InChI=1S/C14H21N3O2S/c1-5-9(12-15-6-7-20-12)17-8-10(18)16-11(13(17)19)14(2,3)4/h6-7,9,11H,5,8H2,1-4H3,(H,16,18). The highest BCUT2D eigenvalue weighted by Crippen LogP contribution is 2.31. The fraction of sp³-hybridized carbons (Fsp3) is 0.643. The summed E-state index contributed by atoms with van der Waals surface area (Å²) >= 11 is 1.52. The van der Waals surface area contributed by atoms with Gasteiger partial charge in [-0.2, -0.15) is 0 Å². The number of nitrogens with one attached hydrogen (secondary N) is 1. The van der Waals surface area contributed by atoms with Crippen molar-refractivity contribution in [2.45, 2.75) is 46.2 Å². The monoisotopic (exact) mass is 295 g/mol. The molecule has 0 aromatic carbocycles. The van der Waals surface area contributed by atoms with E-state index in [1.54, 1.807) is 11.1 Å². The van der Waals surface area contributed by atoms with Crippen molar-refractivity contribution in [3.8, 4) is 0 Å². The zero-order chi connectivity index (χ0) is 14.9. The molecular weight excluding hydrogens is 274 g/mol. The van der Waals surface area contributed by atoms with E-state index in [4.69, 9.17) is 0 Å². The van der Waals surface area contributed by atoms with Crippen molar-refractivity contribution < 1.29 is 9.59 Å². The molecule has 0 aliphatic carbocycles. The summed E-state index contributed by atoms with van der Waals surface area (Å²) in [6.45, 7) is 8.01. The quantitative estimate of drug-likeness (QED) is 0.927. The smallest absolute Gasteiger partial charge is 0.246 e. The average molecular weight is 295 g/mol. The molecule has 6 heteroatoms. The molecule has 2 heterocycles. The summed E-state index contributed by atoms with van der Waals surface area (Å²) in [7, 11) is 0. The van der Waals surface area contributed by atoms with E-state index in [0.29, 0.717) is 0 Å². The summed E-state index contributed by atoms with van der Waals surface area (Å²) in [5.41, 5.74) is -0.299. The number of hydrogen-bond donors (Lipinski definition) is 1. The normalized spacial score (nSPS) is 21.8. The van der Waals surface area contributed by atoms with Crippen LogP contribution in [0.4, 0.5) is 0 Å². The van der Waals surface area contributed by atoms with Gasteiger partial charge in [-0.05, 0) is 11.8 Å². The summed E-state index contributed by atoms with van der Waals surface area (Å²) in [4.78, 5) is 30.6. The minimum atomic E-state index is -0.474. The van der Waals surface area contributed by atoms with Gasteiger partial charge in [0.25, 0.3) is 0 Å². The first-order chi connectivity index (χ1) is 9.34. The largest absolute Gasteiger partial charge is 0.342 e. The number of thiazole rings is 1. The Morgan fingerprint density at radius 2 is 2.20 bits per heavy atom. The molecule has 20 heavy (non-hydrogen) atoms.